The summed E-state index contributed by atoms with van der Waals surface area (Å²) in [5.41, 5.74) is 1.48. The van der Waals surface area contributed by atoms with Crippen LogP contribution in [-0.2, 0) is 6.54 Å². The molecule has 1 amide bonds. The van der Waals surface area contributed by atoms with Crippen LogP contribution >= 0.6 is 27.3 Å². The van der Waals surface area contributed by atoms with Crippen molar-refractivity contribution >= 4 is 33.2 Å². The van der Waals surface area contributed by atoms with E-state index >= 15 is 0 Å². The second kappa shape index (κ2) is 6.50. The molecule has 0 atom stereocenters. The van der Waals surface area contributed by atoms with Gasteiger partial charge in [0.25, 0.3) is 5.91 Å². The Morgan fingerprint density at radius 3 is 2.75 bits per heavy atom. The van der Waals surface area contributed by atoms with Crippen LogP contribution in [-0.4, -0.2) is 17.4 Å². The Balaban J connectivity index is 2.23. The molecule has 2 aromatic rings. The number of nitrogens with zero attached hydrogens (tertiary/aromatic N) is 1. The molecule has 0 aliphatic rings. The lowest BCUT2D eigenvalue weighted by Gasteiger charge is -2.21. The molecule has 0 fully saturated rings. The molecular weight excluding hydrogens is 341 g/mol. The molecule has 0 spiro atoms. The maximum absolute atomic E-state index is 13.8. The van der Waals surface area contributed by atoms with Crippen LogP contribution in [0.1, 0.15) is 27.7 Å². The number of carbonyl (C=O) groups is 1. The van der Waals surface area contributed by atoms with Gasteiger partial charge < -0.3 is 4.90 Å². The van der Waals surface area contributed by atoms with Gasteiger partial charge in [-0.1, -0.05) is 15.9 Å². The third kappa shape index (κ3) is 3.27. The normalized spacial score (nSPS) is 10.6. The zero-order valence-corrected chi connectivity index (χ0v) is 13.7. The molecule has 2 rings (SSSR count). The first-order valence-corrected chi connectivity index (χ1v) is 7.97. The summed E-state index contributed by atoms with van der Waals surface area (Å²) in [6.07, 6.45) is 0. The molecule has 106 valence electrons. The van der Waals surface area contributed by atoms with Gasteiger partial charge in [0.2, 0.25) is 0 Å². The monoisotopic (exact) mass is 355 g/mol. The fraction of sp³-hybridized carbons (Fsp3) is 0.267. The standard InChI is InChI=1S/C15H15BrFNOS/c1-3-18(15(19)14-10(2)6-7-20-14)9-11-8-12(16)4-5-13(11)17/h4-8H,3,9H2,1-2H3. The smallest absolute Gasteiger partial charge is 0.264 e. The first kappa shape index (κ1) is 15.2. The predicted octanol–water partition coefficient (Wildman–Crippen LogP) is 4.62. The lowest BCUT2D eigenvalue weighted by atomic mass is 10.2. The zero-order valence-electron chi connectivity index (χ0n) is 11.3. The summed E-state index contributed by atoms with van der Waals surface area (Å²) < 4.78 is 14.6. The Labute approximate surface area is 130 Å². The second-order valence-electron chi connectivity index (χ2n) is 4.49. The number of halogens is 2. The Bertz CT molecular complexity index is 626. The van der Waals surface area contributed by atoms with Crippen LogP contribution in [0, 0.1) is 12.7 Å². The number of hydrogen-bond donors (Lipinski definition) is 0. The third-order valence-electron chi connectivity index (χ3n) is 3.09. The number of benzene rings is 1. The van der Waals surface area contributed by atoms with Gasteiger partial charge >= 0.3 is 0 Å². The molecule has 0 saturated carbocycles. The van der Waals surface area contributed by atoms with E-state index in [1.54, 1.807) is 17.0 Å². The van der Waals surface area contributed by atoms with Crippen LogP contribution in [0.2, 0.25) is 0 Å². The van der Waals surface area contributed by atoms with E-state index in [4.69, 9.17) is 0 Å². The van der Waals surface area contributed by atoms with Gasteiger partial charge in [0.1, 0.15) is 5.82 Å². The van der Waals surface area contributed by atoms with E-state index in [9.17, 15) is 9.18 Å². The van der Waals surface area contributed by atoms with Crippen molar-refractivity contribution in [2.75, 3.05) is 6.54 Å². The SMILES string of the molecule is CCN(Cc1cc(Br)ccc1F)C(=O)c1sccc1C. The van der Waals surface area contributed by atoms with Gasteiger partial charge in [-0.15, -0.1) is 11.3 Å². The predicted molar refractivity (Wildman–Crippen MR) is 83.6 cm³/mol. The average molecular weight is 356 g/mol. The largest absolute Gasteiger partial charge is 0.334 e. The van der Waals surface area contributed by atoms with E-state index in [1.807, 2.05) is 25.3 Å². The van der Waals surface area contributed by atoms with Crippen molar-refractivity contribution in [3.05, 3.63) is 55.9 Å². The van der Waals surface area contributed by atoms with Crippen LogP contribution in [0.15, 0.2) is 34.1 Å². The minimum atomic E-state index is -0.289. The van der Waals surface area contributed by atoms with Crippen LogP contribution < -0.4 is 0 Å². The van der Waals surface area contributed by atoms with Crippen molar-refractivity contribution in [2.24, 2.45) is 0 Å². The Hall–Kier alpha value is -1.20. The quantitative estimate of drug-likeness (QED) is 0.783. The lowest BCUT2D eigenvalue weighted by molar-refractivity contribution is 0.0755. The molecule has 1 heterocycles. The summed E-state index contributed by atoms with van der Waals surface area (Å²) in [6.45, 7) is 4.63. The summed E-state index contributed by atoms with van der Waals surface area (Å²) >= 11 is 4.75. The number of thiophene rings is 1. The zero-order chi connectivity index (χ0) is 14.7. The summed E-state index contributed by atoms with van der Waals surface area (Å²) in [4.78, 5) is 14.8. The molecule has 20 heavy (non-hydrogen) atoms. The Kier molecular flexibility index (Phi) is 4.94. The Morgan fingerprint density at radius 1 is 1.40 bits per heavy atom. The molecular formula is C15H15BrFNOS. The summed E-state index contributed by atoms with van der Waals surface area (Å²) in [7, 11) is 0. The van der Waals surface area contributed by atoms with Crippen molar-refractivity contribution in [3.63, 3.8) is 0 Å². The molecule has 1 aromatic carbocycles. The molecule has 0 unspecified atom stereocenters. The molecule has 0 bridgehead atoms. The molecule has 0 radical (unpaired) electrons. The fourth-order valence-electron chi connectivity index (χ4n) is 1.93. The highest BCUT2D eigenvalue weighted by atomic mass is 79.9. The lowest BCUT2D eigenvalue weighted by Crippen LogP contribution is -2.30. The van der Waals surface area contributed by atoms with E-state index in [2.05, 4.69) is 15.9 Å². The fourth-order valence-corrected chi connectivity index (χ4v) is 3.23. The molecule has 2 nitrogen and oxygen atoms in total. The molecule has 0 saturated heterocycles. The molecule has 0 N–H and O–H groups in total. The third-order valence-corrected chi connectivity index (χ3v) is 4.59. The second-order valence-corrected chi connectivity index (χ2v) is 6.32. The highest BCUT2D eigenvalue weighted by Crippen LogP contribution is 2.21. The maximum atomic E-state index is 13.8. The topological polar surface area (TPSA) is 20.3 Å². The number of hydrogen-bond acceptors (Lipinski definition) is 2. The summed E-state index contributed by atoms with van der Waals surface area (Å²) in [5.74, 6) is -0.332. The first-order valence-electron chi connectivity index (χ1n) is 6.30. The van der Waals surface area contributed by atoms with E-state index in [0.29, 0.717) is 12.1 Å². The van der Waals surface area contributed by atoms with Gasteiger partial charge in [0.15, 0.2) is 0 Å². The summed E-state index contributed by atoms with van der Waals surface area (Å²) in [6, 6.07) is 6.70. The molecule has 0 aliphatic carbocycles. The minimum Gasteiger partial charge on any atom is -0.334 e. The maximum Gasteiger partial charge on any atom is 0.264 e. The molecule has 0 aliphatic heterocycles. The first-order chi connectivity index (χ1) is 9.52. The average Bonchev–Trinajstić information content (AvgIpc) is 2.85. The minimum absolute atomic E-state index is 0.0422. The van der Waals surface area contributed by atoms with Crippen LogP contribution in [0.4, 0.5) is 4.39 Å². The van der Waals surface area contributed by atoms with Gasteiger partial charge in [-0.25, -0.2) is 4.39 Å². The van der Waals surface area contributed by atoms with Crippen molar-refractivity contribution in [2.45, 2.75) is 20.4 Å². The number of amides is 1. The Morgan fingerprint density at radius 2 is 2.15 bits per heavy atom. The van der Waals surface area contributed by atoms with Crippen molar-refractivity contribution in [1.82, 2.24) is 4.90 Å². The van der Waals surface area contributed by atoms with E-state index in [-0.39, 0.29) is 18.3 Å². The van der Waals surface area contributed by atoms with Crippen molar-refractivity contribution < 1.29 is 9.18 Å². The summed E-state index contributed by atoms with van der Waals surface area (Å²) in [5, 5.41) is 1.90. The van der Waals surface area contributed by atoms with Crippen LogP contribution in [0.3, 0.4) is 0 Å². The van der Waals surface area contributed by atoms with Crippen molar-refractivity contribution in [3.8, 4) is 0 Å². The van der Waals surface area contributed by atoms with Gasteiger partial charge in [-0.3, -0.25) is 4.79 Å². The van der Waals surface area contributed by atoms with Gasteiger partial charge in [0.05, 0.1) is 4.88 Å². The van der Waals surface area contributed by atoms with E-state index in [1.165, 1.54) is 17.4 Å². The van der Waals surface area contributed by atoms with Gasteiger partial charge in [0, 0.05) is 23.1 Å². The molecule has 5 heteroatoms. The van der Waals surface area contributed by atoms with Crippen LogP contribution in [0.25, 0.3) is 0 Å². The number of aryl methyl sites for hydroxylation is 1. The molecule has 1 aromatic heterocycles. The van der Waals surface area contributed by atoms with Crippen molar-refractivity contribution in [1.29, 1.82) is 0 Å². The van der Waals surface area contributed by atoms with E-state index in [0.717, 1.165) is 14.9 Å². The van der Waals surface area contributed by atoms with Gasteiger partial charge in [-0.05, 0) is 49.1 Å². The van der Waals surface area contributed by atoms with E-state index < -0.39 is 0 Å². The highest BCUT2D eigenvalue weighted by Gasteiger charge is 2.19. The highest BCUT2D eigenvalue weighted by molar-refractivity contribution is 9.10. The van der Waals surface area contributed by atoms with Crippen LogP contribution in [0.5, 0.6) is 0 Å². The number of rotatable bonds is 4. The number of carbonyl (C=O) groups excluding carboxylic acids is 1. The van der Waals surface area contributed by atoms with Gasteiger partial charge in [-0.2, -0.15) is 0 Å².